The van der Waals surface area contributed by atoms with Crippen LogP contribution in [0.1, 0.15) is 5.56 Å². The maximum Gasteiger partial charge on any atom is 0.269 e. The van der Waals surface area contributed by atoms with Crippen LogP contribution in [0.25, 0.3) is 0 Å². The van der Waals surface area contributed by atoms with E-state index in [1.165, 1.54) is 12.1 Å². The van der Waals surface area contributed by atoms with Gasteiger partial charge < -0.3 is 5.11 Å². The van der Waals surface area contributed by atoms with Gasteiger partial charge in [-0.3, -0.25) is 15.5 Å². The fourth-order valence-electron chi connectivity index (χ4n) is 1.40. The number of nitrogens with one attached hydrogen (secondary N) is 1. The second-order valence-electron chi connectivity index (χ2n) is 3.77. The van der Waals surface area contributed by atoms with E-state index in [0.29, 0.717) is 0 Å². The number of non-ortho nitro benzene ring substituents is 1. The van der Waals surface area contributed by atoms with Gasteiger partial charge in [-0.2, -0.15) is 5.10 Å². The SMILES string of the molecule is O=[N+]([O-])c1ccc(/C=N\Nc2ccc(O)cc2)cc1. The van der Waals surface area contributed by atoms with Crippen molar-refractivity contribution in [3.05, 3.63) is 64.2 Å². The van der Waals surface area contributed by atoms with Gasteiger partial charge in [-0.25, -0.2) is 0 Å². The lowest BCUT2D eigenvalue weighted by atomic mass is 10.2. The highest BCUT2D eigenvalue weighted by Gasteiger charge is 2.02. The Balaban J connectivity index is 1.98. The number of nitrogens with zero attached hydrogens (tertiary/aromatic N) is 2. The first-order valence-corrected chi connectivity index (χ1v) is 5.48. The lowest BCUT2D eigenvalue weighted by Gasteiger charge is -1.99. The molecular weight excluding hydrogens is 246 g/mol. The first kappa shape index (κ1) is 12.6. The van der Waals surface area contributed by atoms with Crippen LogP contribution in [0.3, 0.4) is 0 Å². The molecule has 2 aromatic rings. The van der Waals surface area contributed by atoms with Gasteiger partial charge in [0, 0.05) is 12.1 Å². The summed E-state index contributed by atoms with van der Waals surface area (Å²) in [5, 5.41) is 23.6. The van der Waals surface area contributed by atoms with E-state index in [4.69, 9.17) is 5.11 Å². The molecular formula is C13H11N3O3. The average molecular weight is 257 g/mol. The van der Waals surface area contributed by atoms with E-state index in [2.05, 4.69) is 10.5 Å². The molecule has 0 aliphatic heterocycles. The van der Waals surface area contributed by atoms with E-state index < -0.39 is 4.92 Å². The number of hydrogen-bond donors (Lipinski definition) is 2. The van der Waals surface area contributed by atoms with Crippen LogP contribution in [0.15, 0.2) is 53.6 Å². The van der Waals surface area contributed by atoms with E-state index >= 15 is 0 Å². The number of anilines is 1. The summed E-state index contributed by atoms with van der Waals surface area (Å²) >= 11 is 0. The average Bonchev–Trinajstić information content (AvgIpc) is 2.41. The van der Waals surface area contributed by atoms with Crippen LogP contribution in [0.5, 0.6) is 5.75 Å². The van der Waals surface area contributed by atoms with E-state index in [9.17, 15) is 10.1 Å². The van der Waals surface area contributed by atoms with Crippen molar-refractivity contribution < 1.29 is 10.0 Å². The molecule has 0 amide bonds. The largest absolute Gasteiger partial charge is 0.508 e. The van der Waals surface area contributed by atoms with Gasteiger partial charge in [-0.15, -0.1) is 0 Å². The number of nitro benzene ring substituents is 1. The van der Waals surface area contributed by atoms with E-state index in [-0.39, 0.29) is 11.4 Å². The lowest BCUT2D eigenvalue weighted by molar-refractivity contribution is -0.384. The second kappa shape index (κ2) is 5.63. The van der Waals surface area contributed by atoms with Crippen molar-refractivity contribution in [2.75, 3.05) is 5.43 Å². The zero-order valence-corrected chi connectivity index (χ0v) is 9.85. The van der Waals surface area contributed by atoms with Gasteiger partial charge in [0.15, 0.2) is 0 Å². The molecule has 0 bridgehead atoms. The zero-order valence-electron chi connectivity index (χ0n) is 9.85. The predicted molar refractivity (Wildman–Crippen MR) is 72.4 cm³/mol. The van der Waals surface area contributed by atoms with Crippen molar-refractivity contribution >= 4 is 17.6 Å². The quantitative estimate of drug-likeness (QED) is 0.381. The Morgan fingerprint density at radius 1 is 1.11 bits per heavy atom. The van der Waals surface area contributed by atoms with Crippen LogP contribution in [0.4, 0.5) is 11.4 Å². The van der Waals surface area contributed by atoms with Crippen molar-refractivity contribution in [2.24, 2.45) is 5.10 Å². The summed E-state index contributed by atoms with van der Waals surface area (Å²) in [4.78, 5) is 10.0. The van der Waals surface area contributed by atoms with Gasteiger partial charge in [0.25, 0.3) is 5.69 Å². The molecule has 0 aliphatic carbocycles. The molecule has 0 saturated carbocycles. The maximum absolute atomic E-state index is 10.5. The Morgan fingerprint density at radius 2 is 1.74 bits per heavy atom. The minimum Gasteiger partial charge on any atom is -0.508 e. The number of nitro groups is 1. The van der Waals surface area contributed by atoms with Crippen molar-refractivity contribution in [3.8, 4) is 5.75 Å². The number of benzene rings is 2. The summed E-state index contributed by atoms with van der Waals surface area (Å²) in [7, 11) is 0. The highest BCUT2D eigenvalue weighted by atomic mass is 16.6. The molecule has 0 aromatic heterocycles. The van der Waals surface area contributed by atoms with Crippen molar-refractivity contribution in [1.82, 2.24) is 0 Å². The summed E-state index contributed by atoms with van der Waals surface area (Å²) in [6, 6.07) is 12.5. The third kappa shape index (κ3) is 3.53. The third-order valence-electron chi connectivity index (χ3n) is 2.38. The number of hydrogen-bond acceptors (Lipinski definition) is 5. The van der Waals surface area contributed by atoms with E-state index in [1.807, 2.05) is 0 Å². The molecule has 0 fully saturated rings. The maximum atomic E-state index is 10.5. The molecule has 19 heavy (non-hydrogen) atoms. The molecule has 0 atom stereocenters. The van der Waals surface area contributed by atoms with Gasteiger partial charge in [0.1, 0.15) is 5.75 Å². The third-order valence-corrected chi connectivity index (χ3v) is 2.38. The first-order valence-electron chi connectivity index (χ1n) is 5.48. The highest BCUT2D eigenvalue weighted by Crippen LogP contribution is 2.14. The Morgan fingerprint density at radius 3 is 2.32 bits per heavy atom. The Labute approximate surface area is 109 Å². The lowest BCUT2D eigenvalue weighted by Crippen LogP contribution is -1.91. The Kier molecular flexibility index (Phi) is 3.72. The zero-order chi connectivity index (χ0) is 13.7. The molecule has 0 radical (unpaired) electrons. The molecule has 2 rings (SSSR count). The summed E-state index contributed by atoms with van der Waals surface area (Å²) in [5.74, 6) is 0.185. The Hall–Kier alpha value is -2.89. The van der Waals surface area contributed by atoms with Gasteiger partial charge in [-0.05, 0) is 42.0 Å². The van der Waals surface area contributed by atoms with Crippen LogP contribution < -0.4 is 5.43 Å². The molecule has 2 N–H and O–H groups in total. The van der Waals surface area contributed by atoms with Gasteiger partial charge in [0.05, 0.1) is 16.8 Å². The molecule has 0 aliphatic rings. The highest BCUT2D eigenvalue weighted by molar-refractivity contribution is 5.80. The molecule has 2 aromatic carbocycles. The molecule has 0 saturated heterocycles. The molecule has 96 valence electrons. The smallest absolute Gasteiger partial charge is 0.269 e. The topological polar surface area (TPSA) is 87.8 Å². The fourth-order valence-corrected chi connectivity index (χ4v) is 1.40. The summed E-state index contributed by atoms with van der Waals surface area (Å²) in [6.07, 6.45) is 1.55. The van der Waals surface area contributed by atoms with E-state index in [1.54, 1.807) is 42.6 Å². The molecule has 6 nitrogen and oxygen atoms in total. The van der Waals surface area contributed by atoms with Gasteiger partial charge in [0.2, 0.25) is 0 Å². The molecule has 0 heterocycles. The van der Waals surface area contributed by atoms with Crippen LogP contribution in [0.2, 0.25) is 0 Å². The number of phenols is 1. The van der Waals surface area contributed by atoms with Gasteiger partial charge >= 0.3 is 0 Å². The van der Waals surface area contributed by atoms with Crippen LogP contribution in [-0.2, 0) is 0 Å². The van der Waals surface area contributed by atoms with Crippen LogP contribution in [0, 0.1) is 10.1 Å². The fraction of sp³-hybridized carbons (Fsp3) is 0. The first-order chi connectivity index (χ1) is 9.15. The summed E-state index contributed by atoms with van der Waals surface area (Å²) < 4.78 is 0. The number of aromatic hydroxyl groups is 1. The van der Waals surface area contributed by atoms with Crippen molar-refractivity contribution in [2.45, 2.75) is 0 Å². The van der Waals surface area contributed by atoms with Crippen LogP contribution in [-0.4, -0.2) is 16.2 Å². The monoisotopic (exact) mass is 257 g/mol. The van der Waals surface area contributed by atoms with E-state index in [0.717, 1.165) is 11.3 Å². The minimum atomic E-state index is -0.449. The predicted octanol–water partition coefficient (Wildman–Crippen LogP) is 2.75. The van der Waals surface area contributed by atoms with Crippen molar-refractivity contribution in [3.63, 3.8) is 0 Å². The Bertz CT molecular complexity index is 592. The molecule has 6 heteroatoms. The van der Waals surface area contributed by atoms with Crippen molar-refractivity contribution in [1.29, 1.82) is 0 Å². The van der Waals surface area contributed by atoms with Gasteiger partial charge in [-0.1, -0.05) is 0 Å². The van der Waals surface area contributed by atoms with Crippen LogP contribution >= 0.6 is 0 Å². The number of rotatable bonds is 4. The normalized spacial score (nSPS) is 10.5. The summed E-state index contributed by atoms with van der Waals surface area (Å²) in [6.45, 7) is 0. The molecule has 0 spiro atoms. The minimum absolute atomic E-state index is 0.0450. The number of hydrazone groups is 1. The summed E-state index contributed by atoms with van der Waals surface area (Å²) in [5.41, 5.74) is 4.31. The molecule has 0 unspecified atom stereocenters. The second-order valence-corrected chi connectivity index (χ2v) is 3.77. The standard InChI is InChI=1S/C13H11N3O3/c17-13-7-3-11(4-8-13)15-14-9-10-1-5-12(6-2-10)16(18)19/h1-9,15,17H/b14-9-. The number of phenolic OH excluding ortho intramolecular Hbond substituents is 1.